The van der Waals surface area contributed by atoms with E-state index in [-0.39, 0.29) is 10.6 Å². The van der Waals surface area contributed by atoms with Crippen LogP contribution in [0.3, 0.4) is 0 Å². The van der Waals surface area contributed by atoms with Crippen molar-refractivity contribution in [2.45, 2.75) is 11.8 Å². The Kier molecular flexibility index (Phi) is 7.59. The lowest BCUT2D eigenvalue weighted by molar-refractivity contribution is -0.384. The molecule has 3 rings (SSSR count). The number of methoxy groups -OCH3 is 1. The van der Waals surface area contributed by atoms with E-state index in [0.717, 1.165) is 0 Å². The van der Waals surface area contributed by atoms with Gasteiger partial charge in [-0.2, -0.15) is 5.10 Å². The SMILES string of the molecule is COc1ccc(/C(C)=N\NC(=O)CN(c2ccccc2[N+](=O)[O-])S(=O)(=O)c2ccccc2)cc1. The first-order chi connectivity index (χ1) is 16.2. The lowest BCUT2D eigenvalue weighted by Crippen LogP contribution is -2.40. The lowest BCUT2D eigenvalue weighted by Gasteiger charge is -2.23. The van der Waals surface area contributed by atoms with Gasteiger partial charge >= 0.3 is 0 Å². The number of hydrazone groups is 1. The van der Waals surface area contributed by atoms with Crippen LogP contribution in [0.15, 0.2) is 88.9 Å². The first kappa shape index (κ1) is 24.4. The first-order valence-electron chi connectivity index (χ1n) is 10.0. The van der Waals surface area contributed by atoms with Gasteiger partial charge in [0.15, 0.2) is 0 Å². The molecule has 0 heterocycles. The van der Waals surface area contributed by atoms with Gasteiger partial charge in [-0.25, -0.2) is 18.1 Å². The van der Waals surface area contributed by atoms with Crippen molar-refractivity contribution in [1.29, 1.82) is 0 Å². The third-order valence-electron chi connectivity index (χ3n) is 4.82. The molecule has 0 radical (unpaired) electrons. The Balaban J connectivity index is 1.91. The average molecular weight is 483 g/mol. The van der Waals surface area contributed by atoms with Gasteiger partial charge in [0.05, 0.1) is 22.6 Å². The van der Waals surface area contributed by atoms with Gasteiger partial charge in [-0.15, -0.1) is 0 Å². The molecule has 0 aliphatic rings. The standard InChI is InChI=1S/C23H22N4O6S/c1-17(18-12-14-19(33-2)15-13-18)24-25-23(28)16-26(21-10-6-7-11-22(21)27(29)30)34(31,32)20-8-4-3-5-9-20/h3-15H,16H2,1-2H3,(H,25,28)/b24-17-. The highest BCUT2D eigenvalue weighted by Gasteiger charge is 2.31. The molecule has 34 heavy (non-hydrogen) atoms. The van der Waals surface area contributed by atoms with Gasteiger partial charge in [-0.1, -0.05) is 30.3 Å². The minimum absolute atomic E-state index is 0.112. The van der Waals surface area contributed by atoms with Crippen molar-refractivity contribution in [2.75, 3.05) is 18.0 Å². The molecule has 0 bridgehead atoms. The van der Waals surface area contributed by atoms with Gasteiger partial charge in [0.25, 0.3) is 21.6 Å². The number of hydrogen-bond donors (Lipinski definition) is 1. The highest BCUT2D eigenvalue weighted by molar-refractivity contribution is 7.92. The molecule has 0 fully saturated rings. The quantitative estimate of drug-likeness (QED) is 0.283. The van der Waals surface area contributed by atoms with Crippen molar-refractivity contribution in [2.24, 2.45) is 5.10 Å². The van der Waals surface area contributed by atoms with Gasteiger partial charge in [0.1, 0.15) is 18.0 Å². The summed E-state index contributed by atoms with van der Waals surface area (Å²) >= 11 is 0. The minimum atomic E-state index is -4.30. The second kappa shape index (κ2) is 10.6. The van der Waals surface area contributed by atoms with E-state index in [1.54, 1.807) is 44.4 Å². The van der Waals surface area contributed by atoms with Crippen molar-refractivity contribution in [3.05, 3.63) is 94.5 Å². The minimum Gasteiger partial charge on any atom is -0.497 e. The highest BCUT2D eigenvalue weighted by atomic mass is 32.2. The molecule has 3 aromatic carbocycles. The smallest absolute Gasteiger partial charge is 0.293 e. The van der Waals surface area contributed by atoms with Gasteiger partial charge in [-0.05, 0) is 55.0 Å². The second-order valence-corrected chi connectivity index (χ2v) is 8.89. The number of carbonyl (C=O) groups is 1. The number of hydrogen-bond acceptors (Lipinski definition) is 7. The molecule has 11 heteroatoms. The monoisotopic (exact) mass is 482 g/mol. The van der Waals surface area contributed by atoms with Crippen LogP contribution in [0, 0.1) is 10.1 Å². The highest BCUT2D eigenvalue weighted by Crippen LogP contribution is 2.31. The molecule has 1 amide bonds. The number of nitrogens with zero attached hydrogens (tertiary/aromatic N) is 3. The first-order valence-corrected chi connectivity index (χ1v) is 11.5. The van der Waals surface area contributed by atoms with Crippen LogP contribution in [0.1, 0.15) is 12.5 Å². The molecule has 3 aromatic rings. The molecule has 1 N–H and O–H groups in total. The van der Waals surface area contributed by atoms with Crippen LogP contribution < -0.4 is 14.5 Å². The van der Waals surface area contributed by atoms with Crippen molar-refractivity contribution in [1.82, 2.24) is 5.43 Å². The summed E-state index contributed by atoms with van der Waals surface area (Å²) in [7, 11) is -2.75. The predicted molar refractivity (Wildman–Crippen MR) is 127 cm³/mol. The summed E-state index contributed by atoms with van der Waals surface area (Å²) in [6, 6.07) is 19.7. The van der Waals surface area contributed by atoms with Gasteiger partial charge in [0.2, 0.25) is 0 Å². The average Bonchev–Trinajstić information content (AvgIpc) is 2.86. The van der Waals surface area contributed by atoms with Crippen LogP contribution in [0.25, 0.3) is 0 Å². The van der Waals surface area contributed by atoms with E-state index in [1.165, 1.54) is 48.5 Å². The molecule has 0 saturated carbocycles. The normalized spacial score (nSPS) is 11.5. The number of carbonyl (C=O) groups excluding carboxylic acids is 1. The summed E-state index contributed by atoms with van der Waals surface area (Å²) in [5.41, 5.74) is 2.83. The van der Waals surface area contributed by atoms with Crippen molar-refractivity contribution in [3.8, 4) is 5.75 Å². The van der Waals surface area contributed by atoms with Gasteiger partial charge < -0.3 is 4.74 Å². The van der Waals surface area contributed by atoms with E-state index in [9.17, 15) is 23.3 Å². The molecular weight excluding hydrogens is 460 g/mol. The molecule has 0 saturated heterocycles. The number of nitro benzene ring substituents is 1. The Morgan fingerprint density at radius 2 is 1.65 bits per heavy atom. The van der Waals surface area contributed by atoms with Gasteiger partial charge in [0, 0.05) is 6.07 Å². The number of nitrogens with one attached hydrogen (secondary N) is 1. The predicted octanol–water partition coefficient (Wildman–Crippen LogP) is 3.34. The molecular formula is C23H22N4O6S. The summed E-state index contributed by atoms with van der Waals surface area (Å²) < 4.78 is 32.5. The van der Waals surface area contributed by atoms with E-state index in [2.05, 4.69) is 10.5 Å². The molecule has 0 unspecified atom stereocenters. The topological polar surface area (TPSA) is 131 Å². The molecule has 0 atom stereocenters. The summed E-state index contributed by atoms with van der Waals surface area (Å²) in [5.74, 6) is -0.114. The third-order valence-corrected chi connectivity index (χ3v) is 6.60. The number of amides is 1. The van der Waals surface area contributed by atoms with Crippen LogP contribution >= 0.6 is 0 Å². The third kappa shape index (κ3) is 5.56. The fourth-order valence-electron chi connectivity index (χ4n) is 3.06. The molecule has 10 nitrogen and oxygen atoms in total. The van der Waals surface area contributed by atoms with Crippen molar-refractivity contribution >= 4 is 33.0 Å². The number of benzene rings is 3. The maximum atomic E-state index is 13.3. The van der Waals surface area contributed by atoms with Crippen LogP contribution in [-0.4, -0.2) is 38.6 Å². The second-order valence-electron chi connectivity index (χ2n) is 7.03. The molecule has 0 spiro atoms. The number of sulfonamides is 1. The Labute approximate surface area is 196 Å². The van der Waals surface area contributed by atoms with Crippen molar-refractivity contribution in [3.63, 3.8) is 0 Å². The van der Waals surface area contributed by atoms with E-state index in [1.807, 2.05) is 0 Å². The number of para-hydroxylation sites is 2. The van der Waals surface area contributed by atoms with E-state index in [4.69, 9.17) is 4.74 Å². The maximum absolute atomic E-state index is 13.3. The Bertz CT molecular complexity index is 1310. The van der Waals surface area contributed by atoms with E-state index < -0.39 is 33.1 Å². The summed E-state index contributed by atoms with van der Waals surface area (Å²) in [6.07, 6.45) is 0. The molecule has 0 aliphatic carbocycles. The fourth-order valence-corrected chi connectivity index (χ4v) is 4.51. The van der Waals surface area contributed by atoms with Crippen molar-refractivity contribution < 1.29 is 22.9 Å². The zero-order valence-corrected chi connectivity index (χ0v) is 19.2. The maximum Gasteiger partial charge on any atom is 0.293 e. The fraction of sp³-hybridized carbons (Fsp3) is 0.130. The molecule has 176 valence electrons. The summed E-state index contributed by atoms with van der Waals surface area (Å²) in [5, 5.41) is 15.6. The molecule has 0 aromatic heterocycles. The summed E-state index contributed by atoms with van der Waals surface area (Å²) in [4.78, 5) is 23.4. The zero-order chi connectivity index (χ0) is 24.7. The summed E-state index contributed by atoms with van der Waals surface area (Å²) in [6.45, 7) is 0.948. The Morgan fingerprint density at radius 3 is 2.26 bits per heavy atom. The number of nitro groups is 1. The Hall–Kier alpha value is -4.25. The van der Waals surface area contributed by atoms with Crippen LogP contribution in [0.4, 0.5) is 11.4 Å². The van der Waals surface area contributed by atoms with Crippen LogP contribution in [0.2, 0.25) is 0 Å². The van der Waals surface area contributed by atoms with E-state index >= 15 is 0 Å². The van der Waals surface area contributed by atoms with Gasteiger partial charge in [-0.3, -0.25) is 14.9 Å². The van der Waals surface area contributed by atoms with Crippen LogP contribution in [0.5, 0.6) is 5.75 Å². The van der Waals surface area contributed by atoms with Crippen LogP contribution in [-0.2, 0) is 14.8 Å². The largest absolute Gasteiger partial charge is 0.497 e. The van der Waals surface area contributed by atoms with E-state index in [0.29, 0.717) is 21.3 Å². The zero-order valence-electron chi connectivity index (χ0n) is 18.4. The number of rotatable bonds is 9. The number of anilines is 1. The Morgan fingerprint density at radius 1 is 1.03 bits per heavy atom. The molecule has 0 aliphatic heterocycles. The number of ether oxygens (including phenoxy) is 1. The lowest BCUT2D eigenvalue weighted by atomic mass is 10.1.